The summed E-state index contributed by atoms with van der Waals surface area (Å²) in [5.74, 6) is -0.628. The Balaban J connectivity index is 1.60. The summed E-state index contributed by atoms with van der Waals surface area (Å²) in [6.45, 7) is 3.01. The van der Waals surface area contributed by atoms with Crippen molar-refractivity contribution in [3.63, 3.8) is 0 Å². The van der Waals surface area contributed by atoms with E-state index >= 15 is 0 Å². The van der Waals surface area contributed by atoms with Gasteiger partial charge in [0.05, 0.1) is 5.71 Å². The predicted molar refractivity (Wildman–Crippen MR) is 116 cm³/mol. The van der Waals surface area contributed by atoms with Gasteiger partial charge in [-0.3, -0.25) is 9.69 Å². The number of oxime groups is 1. The molecule has 0 saturated carbocycles. The highest BCUT2D eigenvalue weighted by atomic mass is 19.1. The molecule has 2 aromatic rings. The van der Waals surface area contributed by atoms with Crippen LogP contribution in [0.5, 0.6) is 0 Å². The number of rotatable bonds is 11. The number of carbonyl (C=O) groups is 1. The van der Waals surface area contributed by atoms with E-state index in [1.165, 1.54) is 12.1 Å². The number of hydrogen-bond acceptors (Lipinski definition) is 6. The molecular formula is C24H29FN2O4. The third kappa shape index (κ3) is 7.45. The van der Waals surface area contributed by atoms with Crippen LogP contribution in [-0.2, 0) is 20.9 Å². The fraction of sp³-hybridized carbons (Fsp3) is 0.417. The monoisotopic (exact) mass is 428 g/mol. The van der Waals surface area contributed by atoms with E-state index < -0.39 is 6.10 Å². The van der Waals surface area contributed by atoms with Crippen molar-refractivity contribution in [1.29, 1.82) is 0 Å². The minimum atomic E-state index is -0.856. The Labute approximate surface area is 182 Å². The molecule has 0 amide bonds. The van der Waals surface area contributed by atoms with Crippen LogP contribution in [0.4, 0.5) is 4.39 Å². The normalized spacial score (nSPS) is 16.6. The quantitative estimate of drug-likeness (QED) is 0.555. The van der Waals surface area contributed by atoms with Crippen molar-refractivity contribution in [2.75, 3.05) is 19.7 Å². The summed E-state index contributed by atoms with van der Waals surface area (Å²) < 4.78 is 18.8. The van der Waals surface area contributed by atoms with Crippen LogP contribution in [0.3, 0.4) is 0 Å². The SMILES string of the molecule is CCCC(=O)OC[C@H](O)CN(Cc1cccc(F)c1)C[C@@H]1CC(c2ccccc2)=NO1. The number of ether oxygens (including phenoxy) is 1. The number of aliphatic hydroxyl groups is 1. The third-order valence-electron chi connectivity index (χ3n) is 4.96. The summed E-state index contributed by atoms with van der Waals surface area (Å²) in [4.78, 5) is 19.2. The zero-order valence-corrected chi connectivity index (χ0v) is 17.7. The Morgan fingerprint density at radius 1 is 1.29 bits per heavy atom. The van der Waals surface area contributed by atoms with Gasteiger partial charge in [-0.25, -0.2) is 4.39 Å². The molecule has 0 radical (unpaired) electrons. The molecule has 0 saturated heterocycles. The molecule has 7 heteroatoms. The number of hydrogen-bond donors (Lipinski definition) is 1. The molecule has 0 bridgehead atoms. The molecule has 1 aliphatic rings. The van der Waals surface area contributed by atoms with Crippen molar-refractivity contribution in [2.24, 2.45) is 5.16 Å². The first-order valence-corrected chi connectivity index (χ1v) is 10.6. The van der Waals surface area contributed by atoms with Crippen LogP contribution in [0.15, 0.2) is 59.8 Å². The van der Waals surface area contributed by atoms with E-state index in [1.807, 2.05) is 48.2 Å². The van der Waals surface area contributed by atoms with Gasteiger partial charge in [0.1, 0.15) is 24.6 Å². The van der Waals surface area contributed by atoms with Gasteiger partial charge in [0.2, 0.25) is 0 Å². The smallest absolute Gasteiger partial charge is 0.305 e. The van der Waals surface area contributed by atoms with Crippen molar-refractivity contribution in [3.05, 3.63) is 71.5 Å². The molecule has 31 heavy (non-hydrogen) atoms. The molecule has 0 spiro atoms. The van der Waals surface area contributed by atoms with Crippen LogP contribution in [-0.4, -0.2) is 53.6 Å². The number of nitrogens with zero attached hydrogens (tertiary/aromatic N) is 2. The number of aliphatic hydroxyl groups excluding tert-OH is 1. The van der Waals surface area contributed by atoms with Gasteiger partial charge in [-0.1, -0.05) is 54.5 Å². The standard InChI is InChI=1S/C24H29FN2O4/c1-2-7-24(29)30-17-21(28)15-27(14-18-8-6-11-20(25)12-18)16-22-13-23(26-31-22)19-9-4-3-5-10-19/h3-6,8-12,21-22,28H,2,7,13-17H2,1H3/t21-,22+/m1/s1. The summed E-state index contributed by atoms with van der Waals surface area (Å²) in [6, 6.07) is 16.2. The molecule has 0 unspecified atom stereocenters. The van der Waals surface area contributed by atoms with Gasteiger partial charge in [-0.05, 0) is 29.7 Å². The second kappa shape index (κ2) is 11.6. The summed E-state index contributed by atoms with van der Waals surface area (Å²) >= 11 is 0. The summed E-state index contributed by atoms with van der Waals surface area (Å²) in [7, 11) is 0. The largest absolute Gasteiger partial charge is 0.463 e. The lowest BCUT2D eigenvalue weighted by molar-refractivity contribution is -0.147. The van der Waals surface area contributed by atoms with Gasteiger partial charge in [0.25, 0.3) is 0 Å². The van der Waals surface area contributed by atoms with Crippen LogP contribution in [0.2, 0.25) is 0 Å². The van der Waals surface area contributed by atoms with Gasteiger partial charge in [0.15, 0.2) is 0 Å². The minimum absolute atomic E-state index is 0.0736. The van der Waals surface area contributed by atoms with E-state index in [-0.39, 0.29) is 31.0 Å². The van der Waals surface area contributed by atoms with E-state index in [4.69, 9.17) is 9.57 Å². The highest BCUT2D eigenvalue weighted by molar-refractivity contribution is 6.01. The van der Waals surface area contributed by atoms with E-state index in [2.05, 4.69) is 5.16 Å². The third-order valence-corrected chi connectivity index (χ3v) is 4.96. The Bertz CT molecular complexity index is 875. The first-order chi connectivity index (χ1) is 15.0. The lowest BCUT2D eigenvalue weighted by Gasteiger charge is -2.27. The second-order valence-electron chi connectivity index (χ2n) is 7.75. The molecule has 6 nitrogen and oxygen atoms in total. The average Bonchev–Trinajstić information content (AvgIpc) is 3.22. The zero-order valence-electron chi connectivity index (χ0n) is 17.7. The minimum Gasteiger partial charge on any atom is -0.463 e. The molecule has 166 valence electrons. The van der Waals surface area contributed by atoms with Gasteiger partial charge in [0, 0.05) is 32.5 Å². The average molecular weight is 429 g/mol. The van der Waals surface area contributed by atoms with E-state index in [9.17, 15) is 14.3 Å². The van der Waals surface area contributed by atoms with Gasteiger partial charge in [-0.15, -0.1) is 0 Å². The molecule has 2 aromatic carbocycles. The van der Waals surface area contributed by atoms with Crippen LogP contribution in [0.1, 0.15) is 37.3 Å². The molecule has 0 aliphatic carbocycles. The molecule has 1 N–H and O–H groups in total. The van der Waals surface area contributed by atoms with E-state index in [0.29, 0.717) is 32.4 Å². The van der Waals surface area contributed by atoms with Gasteiger partial charge >= 0.3 is 5.97 Å². The van der Waals surface area contributed by atoms with Crippen molar-refractivity contribution in [2.45, 2.75) is 44.9 Å². The molecule has 2 atom stereocenters. The molecule has 3 rings (SSSR count). The molecule has 1 aliphatic heterocycles. The predicted octanol–water partition coefficient (Wildman–Crippen LogP) is 3.53. The maximum atomic E-state index is 13.6. The fourth-order valence-corrected chi connectivity index (χ4v) is 3.53. The lowest BCUT2D eigenvalue weighted by atomic mass is 10.0. The molecular weight excluding hydrogens is 399 g/mol. The number of benzene rings is 2. The maximum Gasteiger partial charge on any atom is 0.305 e. The van der Waals surface area contributed by atoms with Gasteiger partial charge in [-0.2, -0.15) is 0 Å². The topological polar surface area (TPSA) is 71.4 Å². The van der Waals surface area contributed by atoms with Crippen molar-refractivity contribution < 1.29 is 23.9 Å². The second-order valence-corrected chi connectivity index (χ2v) is 7.75. The highest BCUT2D eigenvalue weighted by Gasteiger charge is 2.26. The maximum absolute atomic E-state index is 13.6. The van der Waals surface area contributed by atoms with Crippen molar-refractivity contribution in [3.8, 4) is 0 Å². The Hall–Kier alpha value is -2.77. The van der Waals surface area contributed by atoms with E-state index in [1.54, 1.807) is 6.07 Å². The number of esters is 1. The number of halogens is 1. The summed E-state index contributed by atoms with van der Waals surface area (Å²) in [5, 5.41) is 14.6. The summed E-state index contributed by atoms with van der Waals surface area (Å²) in [5.41, 5.74) is 2.69. The first kappa shape index (κ1) is 22.9. The molecule has 1 heterocycles. The molecule has 0 fully saturated rings. The van der Waals surface area contributed by atoms with Gasteiger partial charge < -0.3 is 14.7 Å². The number of carbonyl (C=O) groups excluding carboxylic acids is 1. The van der Waals surface area contributed by atoms with Crippen molar-refractivity contribution >= 4 is 11.7 Å². The zero-order chi connectivity index (χ0) is 22.1. The highest BCUT2D eigenvalue weighted by Crippen LogP contribution is 2.19. The Morgan fingerprint density at radius 2 is 2.10 bits per heavy atom. The van der Waals surface area contributed by atoms with Crippen LogP contribution in [0.25, 0.3) is 0 Å². The van der Waals surface area contributed by atoms with Crippen LogP contribution >= 0.6 is 0 Å². The van der Waals surface area contributed by atoms with Crippen LogP contribution < -0.4 is 0 Å². The lowest BCUT2D eigenvalue weighted by Crippen LogP contribution is -2.39. The Kier molecular flexibility index (Phi) is 8.55. The van der Waals surface area contributed by atoms with E-state index in [0.717, 1.165) is 16.8 Å². The fourth-order valence-electron chi connectivity index (χ4n) is 3.53. The molecule has 0 aromatic heterocycles. The first-order valence-electron chi connectivity index (χ1n) is 10.6. The summed E-state index contributed by atoms with van der Waals surface area (Å²) in [6.07, 6.45) is 0.632. The Morgan fingerprint density at radius 3 is 2.84 bits per heavy atom. The van der Waals surface area contributed by atoms with Crippen LogP contribution in [0, 0.1) is 5.82 Å². The van der Waals surface area contributed by atoms with Crippen molar-refractivity contribution in [1.82, 2.24) is 4.90 Å².